The van der Waals surface area contributed by atoms with Gasteiger partial charge in [0.2, 0.25) is 0 Å². The summed E-state index contributed by atoms with van der Waals surface area (Å²) in [5.41, 5.74) is 1.23. The van der Waals surface area contributed by atoms with Crippen molar-refractivity contribution in [1.82, 2.24) is 14.8 Å². The van der Waals surface area contributed by atoms with Gasteiger partial charge in [-0.1, -0.05) is 0 Å². The van der Waals surface area contributed by atoms with Crippen LogP contribution in [0, 0.1) is 0 Å². The third-order valence-corrected chi connectivity index (χ3v) is 1.97. The number of pyridine rings is 1. The number of carboxylic acid groups (broad SMARTS) is 1. The molecule has 76 valence electrons. The smallest absolute Gasteiger partial charge is 0.338 e. The van der Waals surface area contributed by atoms with Gasteiger partial charge in [-0.3, -0.25) is 9.67 Å². The minimum Gasteiger partial charge on any atom is -0.478 e. The Labute approximate surface area is 86.0 Å². The molecule has 15 heavy (non-hydrogen) atoms. The maximum absolute atomic E-state index is 10.6. The van der Waals surface area contributed by atoms with Crippen LogP contribution in [0.4, 0.5) is 0 Å². The Hall–Kier alpha value is -2.17. The molecule has 0 saturated heterocycles. The van der Waals surface area contributed by atoms with Crippen molar-refractivity contribution in [3.05, 3.63) is 48.0 Å². The van der Waals surface area contributed by atoms with E-state index in [0.717, 1.165) is 5.56 Å². The molecule has 0 fully saturated rings. The molecule has 0 aliphatic rings. The Balaban J connectivity index is 2.15. The first-order valence-corrected chi connectivity index (χ1v) is 4.40. The lowest BCUT2D eigenvalue weighted by Crippen LogP contribution is -2.00. The van der Waals surface area contributed by atoms with Crippen molar-refractivity contribution >= 4 is 5.97 Å². The van der Waals surface area contributed by atoms with E-state index in [9.17, 15) is 4.79 Å². The standard InChI is InChI=1S/C10H9N3O2/c14-10(15)9-5-12-13(7-9)6-8-1-3-11-4-2-8/h1-5,7H,6H2,(H,14,15). The number of hydrogen-bond acceptors (Lipinski definition) is 3. The van der Waals surface area contributed by atoms with E-state index in [0.29, 0.717) is 6.54 Å². The lowest BCUT2D eigenvalue weighted by molar-refractivity contribution is 0.0697. The normalized spacial score (nSPS) is 10.1. The van der Waals surface area contributed by atoms with Crippen LogP contribution in [0.1, 0.15) is 15.9 Å². The van der Waals surface area contributed by atoms with Gasteiger partial charge in [-0.2, -0.15) is 5.10 Å². The molecule has 0 saturated carbocycles. The van der Waals surface area contributed by atoms with Gasteiger partial charge >= 0.3 is 5.97 Å². The van der Waals surface area contributed by atoms with Crippen LogP contribution in [0.2, 0.25) is 0 Å². The number of aromatic nitrogens is 3. The molecule has 1 N–H and O–H groups in total. The Kier molecular flexibility index (Phi) is 2.45. The quantitative estimate of drug-likeness (QED) is 0.808. The third kappa shape index (κ3) is 2.19. The molecule has 0 aliphatic carbocycles. The Morgan fingerprint density at radius 2 is 2.13 bits per heavy atom. The van der Waals surface area contributed by atoms with Crippen molar-refractivity contribution in [2.24, 2.45) is 0 Å². The van der Waals surface area contributed by atoms with Crippen molar-refractivity contribution < 1.29 is 9.90 Å². The minimum absolute atomic E-state index is 0.198. The average Bonchev–Trinajstić information content (AvgIpc) is 2.68. The average molecular weight is 203 g/mol. The number of rotatable bonds is 3. The zero-order chi connectivity index (χ0) is 10.7. The van der Waals surface area contributed by atoms with Gasteiger partial charge in [0.1, 0.15) is 0 Å². The molecule has 0 unspecified atom stereocenters. The van der Waals surface area contributed by atoms with Gasteiger partial charge in [-0.05, 0) is 17.7 Å². The molecule has 0 aliphatic heterocycles. The fraction of sp³-hybridized carbons (Fsp3) is 0.100. The van der Waals surface area contributed by atoms with Crippen molar-refractivity contribution in [2.45, 2.75) is 6.54 Å². The monoisotopic (exact) mass is 203 g/mol. The molecule has 0 radical (unpaired) electrons. The molecule has 0 bridgehead atoms. The first kappa shape index (κ1) is 9.39. The Bertz CT molecular complexity index is 465. The highest BCUT2D eigenvalue weighted by Gasteiger charge is 2.05. The molecule has 2 rings (SSSR count). The first-order chi connectivity index (χ1) is 7.25. The van der Waals surface area contributed by atoms with Gasteiger partial charge in [0.15, 0.2) is 0 Å². The van der Waals surface area contributed by atoms with Crippen LogP contribution in [0.15, 0.2) is 36.9 Å². The second-order valence-electron chi connectivity index (χ2n) is 3.09. The second-order valence-corrected chi connectivity index (χ2v) is 3.09. The van der Waals surface area contributed by atoms with Crippen molar-refractivity contribution in [3.63, 3.8) is 0 Å². The van der Waals surface area contributed by atoms with Crippen LogP contribution < -0.4 is 0 Å². The summed E-state index contributed by atoms with van der Waals surface area (Å²) >= 11 is 0. The molecule has 0 amide bonds. The summed E-state index contributed by atoms with van der Waals surface area (Å²) in [4.78, 5) is 14.5. The highest BCUT2D eigenvalue weighted by atomic mass is 16.4. The lowest BCUT2D eigenvalue weighted by atomic mass is 10.3. The first-order valence-electron chi connectivity index (χ1n) is 4.40. The second kappa shape index (κ2) is 3.91. The van der Waals surface area contributed by atoms with Crippen LogP contribution in [0.5, 0.6) is 0 Å². The fourth-order valence-electron chi connectivity index (χ4n) is 1.24. The largest absolute Gasteiger partial charge is 0.478 e. The topological polar surface area (TPSA) is 68.0 Å². The highest BCUT2D eigenvalue weighted by Crippen LogP contribution is 2.02. The molecule has 2 aromatic heterocycles. The SMILES string of the molecule is O=C(O)c1cnn(Cc2ccncc2)c1. The van der Waals surface area contributed by atoms with Crippen LogP contribution in [-0.2, 0) is 6.54 Å². The van der Waals surface area contributed by atoms with Gasteiger partial charge in [0.05, 0.1) is 18.3 Å². The van der Waals surface area contributed by atoms with E-state index in [4.69, 9.17) is 5.11 Å². The van der Waals surface area contributed by atoms with Crippen molar-refractivity contribution in [2.75, 3.05) is 0 Å². The van der Waals surface area contributed by atoms with E-state index < -0.39 is 5.97 Å². The van der Waals surface area contributed by atoms with Gasteiger partial charge in [-0.15, -0.1) is 0 Å². The molecule has 2 aromatic rings. The zero-order valence-corrected chi connectivity index (χ0v) is 7.87. The van der Waals surface area contributed by atoms with E-state index in [1.807, 2.05) is 12.1 Å². The van der Waals surface area contributed by atoms with Crippen LogP contribution in [0.3, 0.4) is 0 Å². The molecule has 0 spiro atoms. The molecule has 2 heterocycles. The number of hydrogen-bond donors (Lipinski definition) is 1. The summed E-state index contributed by atoms with van der Waals surface area (Å²) in [6, 6.07) is 3.73. The van der Waals surface area contributed by atoms with E-state index in [1.165, 1.54) is 12.4 Å². The number of nitrogens with zero attached hydrogens (tertiary/aromatic N) is 3. The molecule has 0 aromatic carbocycles. The van der Waals surface area contributed by atoms with Crippen LogP contribution >= 0.6 is 0 Å². The van der Waals surface area contributed by atoms with Crippen LogP contribution in [-0.4, -0.2) is 25.8 Å². The van der Waals surface area contributed by atoms with E-state index in [1.54, 1.807) is 17.1 Å². The molecular formula is C10H9N3O2. The van der Waals surface area contributed by atoms with Crippen LogP contribution in [0.25, 0.3) is 0 Å². The van der Waals surface area contributed by atoms with Gasteiger partial charge < -0.3 is 5.11 Å². The zero-order valence-electron chi connectivity index (χ0n) is 7.87. The summed E-state index contributed by atoms with van der Waals surface area (Å²) in [6.45, 7) is 0.551. The van der Waals surface area contributed by atoms with E-state index in [-0.39, 0.29) is 5.56 Å². The lowest BCUT2D eigenvalue weighted by Gasteiger charge is -1.99. The minimum atomic E-state index is -0.962. The number of carboxylic acids is 1. The summed E-state index contributed by atoms with van der Waals surface area (Å²) in [5, 5.41) is 12.6. The molecule has 5 nitrogen and oxygen atoms in total. The van der Waals surface area contributed by atoms with Crippen molar-refractivity contribution in [3.8, 4) is 0 Å². The van der Waals surface area contributed by atoms with Gasteiger partial charge in [-0.25, -0.2) is 4.79 Å². The fourth-order valence-corrected chi connectivity index (χ4v) is 1.24. The summed E-state index contributed by atoms with van der Waals surface area (Å²) in [7, 11) is 0. The molecule has 0 atom stereocenters. The van der Waals surface area contributed by atoms with E-state index >= 15 is 0 Å². The third-order valence-electron chi connectivity index (χ3n) is 1.97. The number of aromatic carboxylic acids is 1. The number of carbonyl (C=O) groups is 1. The maximum atomic E-state index is 10.6. The van der Waals surface area contributed by atoms with E-state index in [2.05, 4.69) is 10.1 Å². The van der Waals surface area contributed by atoms with Gasteiger partial charge in [0.25, 0.3) is 0 Å². The highest BCUT2D eigenvalue weighted by molar-refractivity contribution is 5.86. The predicted octanol–water partition coefficient (Wildman–Crippen LogP) is 1.02. The summed E-state index contributed by atoms with van der Waals surface area (Å²) in [5.74, 6) is -0.962. The predicted molar refractivity (Wildman–Crippen MR) is 52.5 cm³/mol. The summed E-state index contributed by atoms with van der Waals surface area (Å²) in [6.07, 6.45) is 6.22. The molecular weight excluding hydrogens is 194 g/mol. The van der Waals surface area contributed by atoms with Crippen molar-refractivity contribution in [1.29, 1.82) is 0 Å². The molecule has 5 heteroatoms. The van der Waals surface area contributed by atoms with Gasteiger partial charge in [0, 0.05) is 18.6 Å². The Morgan fingerprint density at radius 3 is 2.73 bits per heavy atom. The summed E-state index contributed by atoms with van der Waals surface area (Å²) < 4.78 is 1.58. The Morgan fingerprint density at radius 1 is 1.40 bits per heavy atom. The maximum Gasteiger partial charge on any atom is 0.338 e.